The number of hydrogen-bond acceptors (Lipinski definition) is 3. The van der Waals surface area contributed by atoms with Gasteiger partial charge in [-0.05, 0) is 52.2 Å². The summed E-state index contributed by atoms with van der Waals surface area (Å²) in [6, 6.07) is 6.39. The van der Waals surface area contributed by atoms with Gasteiger partial charge in [-0.15, -0.1) is 0 Å². The van der Waals surface area contributed by atoms with E-state index in [2.05, 4.69) is 36.8 Å². The highest BCUT2D eigenvalue weighted by molar-refractivity contribution is 9.10. The molecule has 0 aliphatic heterocycles. The monoisotopic (exact) mass is 402 g/mol. The number of ether oxygens (including phenoxy) is 1. The highest BCUT2D eigenvalue weighted by Crippen LogP contribution is 2.30. The van der Waals surface area contributed by atoms with Crippen LogP contribution in [-0.4, -0.2) is 4.98 Å². The number of benzene rings is 1. The van der Waals surface area contributed by atoms with Crippen molar-refractivity contribution in [1.82, 2.24) is 4.98 Å². The number of pyridine rings is 1. The zero-order valence-corrected chi connectivity index (χ0v) is 13.9. The predicted molar refractivity (Wildman–Crippen MR) is 84.4 cm³/mol. The van der Waals surface area contributed by atoms with Gasteiger partial charge in [-0.2, -0.15) is 0 Å². The zero-order valence-electron chi connectivity index (χ0n) is 10.7. The molecule has 106 valence electrons. The highest BCUT2D eigenvalue weighted by Gasteiger charge is 2.15. The van der Waals surface area contributed by atoms with Gasteiger partial charge in [0.25, 0.3) is 0 Å². The van der Waals surface area contributed by atoms with Gasteiger partial charge in [0.15, 0.2) is 11.6 Å². The van der Waals surface area contributed by atoms with E-state index in [4.69, 9.17) is 10.5 Å². The Labute approximate surface area is 133 Å². The summed E-state index contributed by atoms with van der Waals surface area (Å²) in [7, 11) is 0. The van der Waals surface area contributed by atoms with Crippen LogP contribution in [0.5, 0.6) is 5.75 Å². The molecule has 0 saturated carbocycles. The van der Waals surface area contributed by atoms with Gasteiger partial charge in [0.05, 0.1) is 0 Å². The second kappa shape index (κ2) is 6.54. The molecule has 1 atom stereocenters. The molecular formula is C14H13Br2FN2O. The Morgan fingerprint density at radius 1 is 1.40 bits per heavy atom. The predicted octanol–water partition coefficient (Wildman–Crippen LogP) is 4.60. The summed E-state index contributed by atoms with van der Waals surface area (Å²) in [6.45, 7) is 1.85. The van der Waals surface area contributed by atoms with Crippen molar-refractivity contribution in [2.45, 2.75) is 18.4 Å². The lowest BCUT2D eigenvalue weighted by Crippen LogP contribution is -2.08. The summed E-state index contributed by atoms with van der Waals surface area (Å²) in [6.07, 6.45) is 1.26. The first-order valence-corrected chi connectivity index (χ1v) is 7.84. The number of nitrogens with zero attached hydrogens (tertiary/aromatic N) is 1. The van der Waals surface area contributed by atoms with Crippen LogP contribution in [0.15, 0.2) is 34.9 Å². The van der Waals surface area contributed by atoms with Crippen molar-refractivity contribution in [2.24, 2.45) is 0 Å². The summed E-state index contributed by atoms with van der Waals surface area (Å²) < 4.78 is 20.0. The van der Waals surface area contributed by atoms with E-state index in [1.54, 1.807) is 18.3 Å². The Bertz CT molecular complexity index is 622. The average Bonchev–Trinajstić information content (AvgIpc) is 2.42. The molecule has 1 aromatic heterocycles. The van der Waals surface area contributed by atoms with Gasteiger partial charge in [-0.25, -0.2) is 9.37 Å². The van der Waals surface area contributed by atoms with E-state index < -0.39 is 0 Å². The van der Waals surface area contributed by atoms with Gasteiger partial charge >= 0.3 is 0 Å². The van der Waals surface area contributed by atoms with Crippen LogP contribution >= 0.6 is 31.9 Å². The third kappa shape index (κ3) is 3.49. The summed E-state index contributed by atoms with van der Waals surface area (Å²) >= 11 is 6.71. The molecule has 1 heterocycles. The number of nitrogens with two attached hydrogens (primary N) is 1. The minimum Gasteiger partial charge on any atom is -0.482 e. The number of alkyl halides is 1. The van der Waals surface area contributed by atoms with E-state index >= 15 is 0 Å². The maximum absolute atomic E-state index is 13.4. The van der Waals surface area contributed by atoms with E-state index in [0.29, 0.717) is 16.9 Å². The summed E-state index contributed by atoms with van der Waals surface area (Å²) in [5, 5.41) is 0.628. The fraction of sp³-hybridized carbons (Fsp3) is 0.214. The van der Waals surface area contributed by atoms with Crippen LogP contribution in [0.2, 0.25) is 0 Å². The first-order chi connectivity index (χ1) is 9.51. The van der Waals surface area contributed by atoms with E-state index in [-0.39, 0.29) is 11.9 Å². The molecule has 3 nitrogen and oxygen atoms in total. The minimum absolute atomic E-state index is 0.291. The van der Waals surface area contributed by atoms with Gasteiger partial charge in [0, 0.05) is 16.0 Å². The fourth-order valence-electron chi connectivity index (χ4n) is 1.85. The molecule has 0 amide bonds. The third-order valence-corrected chi connectivity index (χ3v) is 3.88. The van der Waals surface area contributed by atoms with Crippen molar-refractivity contribution < 1.29 is 9.13 Å². The van der Waals surface area contributed by atoms with Crippen LogP contribution in [0.1, 0.15) is 24.2 Å². The summed E-state index contributed by atoms with van der Waals surface area (Å²) in [4.78, 5) is 4.01. The van der Waals surface area contributed by atoms with Crippen molar-refractivity contribution in [3.8, 4) is 5.75 Å². The van der Waals surface area contributed by atoms with E-state index in [0.717, 1.165) is 15.6 Å². The number of halogens is 3. The van der Waals surface area contributed by atoms with Crippen LogP contribution in [0.4, 0.5) is 10.2 Å². The number of anilines is 1. The highest BCUT2D eigenvalue weighted by atomic mass is 79.9. The summed E-state index contributed by atoms with van der Waals surface area (Å²) in [5.74, 6) is 0.481. The molecule has 0 spiro atoms. The molecule has 6 heteroatoms. The summed E-state index contributed by atoms with van der Waals surface area (Å²) in [5.41, 5.74) is 7.53. The Balaban J connectivity index is 2.30. The molecule has 0 fully saturated rings. The number of aromatic nitrogens is 1. The minimum atomic E-state index is -0.336. The molecule has 2 rings (SSSR count). The zero-order chi connectivity index (χ0) is 14.7. The van der Waals surface area contributed by atoms with Crippen LogP contribution in [0.3, 0.4) is 0 Å². The third-order valence-electron chi connectivity index (χ3n) is 2.84. The molecule has 1 aromatic carbocycles. The first-order valence-electron chi connectivity index (χ1n) is 5.93. The van der Waals surface area contributed by atoms with Crippen molar-refractivity contribution in [2.75, 3.05) is 5.73 Å². The van der Waals surface area contributed by atoms with Crippen molar-refractivity contribution in [1.29, 1.82) is 0 Å². The number of hydrogen-bond donors (Lipinski definition) is 1. The van der Waals surface area contributed by atoms with E-state index in [9.17, 15) is 4.39 Å². The number of rotatable bonds is 4. The normalized spacial score (nSPS) is 12.2. The lowest BCUT2D eigenvalue weighted by atomic mass is 10.0. The van der Waals surface area contributed by atoms with Crippen LogP contribution in [0.25, 0.3) is 0 Å². The number of nitrogen functional groups attached to an aromatic ring is 1. The maximum Gasteiger partial charge on any atom is 0.166 e. The van der Waals surface area contributed by atoms with Gasteiger partial charge in [0.1, 0.15) is 11.9 Å². The van der Waals surface area contributed by atoms with Gasteiger partial charge in [-0.1, -0.05) is 22.0 Å². The van der Waals surface area contributed by atoms with Gasteiger partial charge < -0.3 is 10.5 Å². The Kier molecular flexibility index (Phi) is 4.99. The van der Waals surface area contributed by atoms with E-state index in [1.807, 2.05) is 6.92 Å². The second-order valence-electron chi connectivity index (χ2n) is 4.27. The fourth-order valence-corrected chi connectivity index (χ4v) is 2.67. The van der Waals surface area contributed by atoms with E-state index in [1.165, 1.54) is 12.1 Å². The molecule has 0 aliphatic rings. The lowest BCUT2D eigenvalue weighted by Gasteiger charge is -2.18. The average molecular weight is 404 g/mol. The van der Waals surface area contributed by atoms with Crippen molar-refractivity contribution in [3.05, 3.63) is 51.9 Å². The Morgan fingerprint density at radius 3 is 2.85 bits per heavy atom. The van der Waals surface area contributed by atoms with Crippen molar-refractivity contribution >= 4 is 37.7 Å². The topological polar surface area (TPSA) is 48.1 Å². The molecule has 0 saturated heterocycles. The molecule has 2 aromatic rings. The smallest absolute Gasteiger partial charge is 0.166 e. The SMILES string of the molecule is CC(Oc1cc(Br)cnc1N)c1cc(F)ccc1CBr. The Morgan fingerprint density at radius 2 is 2.15 bits per heavy atom. The quantitative estimate of drug-likeness (QED) is 0.758. The Hall–Kier alpha value is -1.14. The van der Waals surface area contributed by atoms with Crippen LogP contribution in [-0.2, 0) is 5.33 Å². The van der Waals surface area contributed by atoms with Crippen molar-refractivity contribution in [3.63, 3.8) is 0 Å². The molecule has 20 heavy (non-hydrogen) atoms. The molecular weight excluding hydrogens is 391 g/mol. The van der Waals surface area contributed by atoms with Crippen LogP contribution in [0, 0.1) is 5.82 Å². The standard InChI is InChI=1S/C14H13Br2FN2O/c1-8(12-5-11(17)3-2-9(12)6-15)20-13-4-10(16)7-19-14(13)18/h2-5,7-8H,6H2,1H3,(H2,18,19). The molecule has 0 radical (unpaired) electrons. The van der Waals surface area contributed by atoms with Crippen LogP contribution < -0.4 is 10.5 Å². The second-order valence-corrected chi connectivity index (χ2v) is 5.75. The first kappa shape index (κ1) is 15.3. The van der Waals surface area contributed by atoms with Gasteiger partial charge in [0.2, 0.25) is 0 Å². The largest absolute Gasteiger partial charge is 0.482 e. The molecule has 1 unspecified atom stereocenters. The molecule has 0 bridgehead atoms. The maximum atomic E-state index is 13.4. The van der Waals surface area contributed by atoms with Gasteiger partial charge in [-0.3, -0.25) is 0 Å². The molecule has 2 N–H and O–H groups in total. The lowest BCUT2D eigenvalue weighted by molar-refractivity contribution is 0.226. The molecule has 0 aliphatic carbocycles.